The van der Waals surface area contributed by atoms with Crippen LogP contribution >= 0.6 is 0 Å². The molecule has 0 saturated heterocycles. The molecule has 0 aliphatic carbocycles. The maximum absolute atomic E-state index is 13.4. The van der Waals surface area contributed by atoms with E-state index in [1.54, 1.807) is 24.5 Å². The third kappa shape index (κ3) is 3.45. The third-order valence-corrected chi connectivity index (χ3v) is 2.57. The van der Waals surface area contributed by atoms with Crippen LogP contribution in [0.1, 0.15) is 12.0 Å². The zero-order valence-electron chi connectivity index (χ0n) is 9.97. The van der Waals surface area contributed by atoms with Gasteiger partial charge in [-0.25, -0.2) is 4.39 Å². The second-order valence-electron chi connectivity index (χ2n) is 4.00. The molecule has 0 unspecified atom stereocenters. The molecule has 1 heterocycles. The van der Waals surface area contributed by atoms with Gasteiger partial charge in [0.1, 0.15) is 0 Å². The quantitative estimate of drug-likeness (QED) is 0.652. The average molecular weight is 246 g/mol. The van der Waals surface area contributed by atoms with E-state index in [-0.39, 0.29) is 5.75 Å². The molecule has 1 aromatic carbocycles. The molecule has 2 rings (SSSR count). The highest BCUT2D eigenvalue weighted by Gasteiger charge is 2.03. The number of benzene rings is 1. The van der Waals surface area contributed by atoms with Gasteiger partial charge >= 0.3 is 0 Å². The summed E-state index contributed by atoms with van der Waals surface area (Å²) in [5.41, 5.74) is 7.06. The van der Waals surface area contributed by atoms with Gasteiger partial charge < -0.3 is 10.5 Å². The van der Waals surface area contributed by atoms with Gasteiger partial charge in [-0.05, 0) is 42.7 Å². The Balaban J connectivity index is 1.79. The lowest BCUT2D eigenvalue weighted by Gasteiger charge is -2.07. The first-order valence-corrected chi connectivity index (χ1v) is 5.82. The minimum Gasteiger partial charge on any atom is -0.491 e. The highest BCUT2D eigenvalue weighted by molar-refractivity contribution is 5.42. The van der Waals surface area contributed by atoms with E-state index in [0.717, 1.165) is 12.8 Å². The molecule has 0 amide bonds. The summed E-state index contributed by atoms with van der Waals surface area (Å²) in [7, 11) is 0. The minimum absolute atomic E-state index is 0.249. The lowest BCUT2D eigenvalue weighted by Crippen LogP contribution is -2.01. The van der Waals surface area contributed by atoms with Gasteiger partial charge in [-0.1, -0.05) is 0 Å². The molecule has 94 valence electrons. The zero-order chi connectivity index (χ0) is 12.8. The van der Waals surface area contributed by atoms with E-state index in [1.807, 2.05) is 12.1 Å². The van der Waals surface area contributed by atoms with Crippen LogP contribution < -0.4 is 10.5 Å². The van der Waals surface area contributed by atoms with Crippen LogP contribution in [-0.2, 0) is 6.42 Å². The number of aryl methyl sites for hydroxylation is 1. The van der Waals surface area contributed by atoms with Crippen molar-refractivity contribution in [1.82, 2.24) is 4.98 Å². The van der Waals surface area contributed by atoms with Crippen LogP contribution in [0.3, 0.4) is 0 Å². The fourth-order valence-electron chi connectivity index (χ4n) is 1.64. The number of anilines is 1. The Morgan fingerprint density at radius 3 is 2.67 bits per heavy atom. The molecule has 0 saturated carbocycles. The van der Waals surface area contributed by atoms with E-state index in [1.165, 1.54) is 11.6 Å². The van der Waals surface area contributed by atoms with Crippen molar-refractivity contribution >= 4 is 5.69 Å². The molecule has 0 atom stereocenters. The summed E-state index contributed by atoms with van der Waals surface area (Å²) < 4.78 is 18.8. The van der Waals surface area contributed by atoms with Crippen LogP contribution in [0.4, 0.5) is 10.1 Å². The topological polar surface area (TPSA) is 48.1 Å². The summed E-state index contributed by atoms with van der Waals surface area (Å²) in [5.74, 6) is -0.169. The van der Waals surface area contributed by atoms with E-state index in [2.05, 4.69) is 4.98 Å². The van der Waals surface area contributed by atoms with Crippen molar-refractivity contribution in [3.05, 3.63) is 54.1 Å². The number of aromatic nitrogens is 1. The highest BCUT2D eigenvalue weighted by Crippen LogP contribution is 2.19. The first-order valence-electron chi connectivity index (χ1n) is 5.82. The zero-order valence-corrected chi connectivity index (χ0v) is 9.97. The number of nitrogen functional groups attached to an aromatic ring is 1. The summed E-state index contributed by atoms with van der Waals surface area (Å²) in [6, 6.07) is 8.37. The molecular weight excluding hydrogens is 231 g/mol. The predicted octanol–water partition coefficient (Wildman–Crippen LogP) is 2.81. The van der Waals surface area contributed by atoms with Gasteiger partial charge in [0, 0.05) is 24.1 Å². The molecule has 0 bridgehead atoms. The molecule has 0 spiro atoms. The van der Waals surface area contributed by atoms with Crippen molar-refractivity contribution in [2.75, 3.05) is 12.3 Å². The van der Waals surface area contributed by atoms with E-state index < -0.39 is 5.82 Å². The number of nitrogens with two attached hydrogens (primary N) is 1. The average Bonchev–Trinajstić information content (AvgIpc) is 2.38. The van der Waals surface area contributed by atoms with Gasteiger partial charge in [-0.3, -0.25) is 4.98 Å². The fraction of sp³-hybridized carbons (Fsp3) is 0.214. The summed E-state index contributed by atoms with van der Waals surface area (Å²) in [6.45, 7) is 0.475. The minimum atomic E-state index is -0.418. The Hall–Kier alpha value is -2.10. The van der Waals surface area contributed by atoms with E-state index in [4.69, 9.17) is 10.5 Å². The van der Waals surface area contributed by atoms with Crippen LogP contribution in [0.25, 0.3) is 0 Å². The van der Waals surface area contributed by atoms with Gasteiger partial charge in [-0.2, -0.15) is 0 Å². The van der Waals surface area contributed by atoms with Crippen LogP contribution in [0.5, 0.6) is 5.75 Å². The normalized spacial score (nSPS) is 10.3. The van der Waals surface area contributed by atoms with Gasteiger partial charge in [0.2, 0.25) is 0 Å². The molecule has 0 aliphatic heterocycles. The Bertz CT molecular complexity index is 502. The Kier molecular flexibility index (Phi) is 4.12. The highest BCUT2D eigenvalue weighted by atomic mass is 19.1. The molecule has 18 heavy (non-hydrogen) atoms. The van der Waals surface area contributed by atoms with Crippen molar-refractivity contribution in [3.63, 3.8) is 0 Å². The van der Waals surface area contributed by atoms with Crippen molar-refractivity contribution in [3.8, 4) is 5.75 Å². The summed E-state index contributed by atoms with van der Waals surface area (Å²) in [4.78, 5) is 3.95. The maximum atomic E-state index is 13.4. The molecule has 2 aromatic rings. The standard InChI is InChI=1S/C14H15FN2O/c15-13-10-12(16)3-4-14(13)18-9-1-2-11-5-7-17-8-6-11/h3-8,10H,1-2,9,16H2. The van der Waals surface area contributed by atoms with Crippen molar-refractivity contribution in [2.24, 2.45) is 0 Å². The number of ether oxygens (including phenoxy) is 1. The molecule has 3 nitrogen and oxygen atoms in total. The van der Waals surface area contributed by atoms with E-state index >= 15 is 0 Å². The number of pyridine rings is 1. The second kappa shape index (κ2) is 6.00. The molecule has 0 fully saturated rings. The summed E-state index contributed by atoms with van der Waals surface area (Å²) >= 11 is 0. The Labute approximate surface area is 105 Å². The molecular formula is C14H15FN2O. The van der Waals surface area contributed by atoms with Gasteiger partial charge in [0.25, 0.3) is 0 Å². The Morgan fingerprint density at radius 2 is 1.94 bits per heavy atom. The van der Waals surface area contributed by atoms with Crippen molar-refractivity contribution in [1.29, 1.82) is 0 Å². The first kappa shape index (κ1) is 12.4. The van der Waals surface area contributed by atoms with Crippen LogP contribution in [0.15, 0.2) is 42.7 Å². The van der Waals surface area contributed by atoms with Gasteiger partial charge in [0.05, 0.1) is 6.61 Å². The second-order valence-corrected chi connectivity index (χ2v) is 4.00. The van der Waals surface area contributed by atoms with Crippen molar-refractivity contribution in [2.45, 2.75) is 12.8 Å². The van der Waals surface area contributed by atoms with Gasteiger partial charge in [-0.15, -0.1) is 0 Å². The van der Waals surface area contributed by atoms with Crippen LogP contribution in [-0.4, -0.2) is 11.6 Å². The lowest BCUT2D eigenvalue weighted by molar-refractivity contribution is 0.296. The number of nitrogens with zero attached hydrogens (tertiary/aromatic N) is 1. The maximum Gasteiger partial charge on any atom is 0.167 e. The van der Waals surface area contributed by atoms with Crippen LogP contribution in [0.2, 0.25) is 0 Å². The number of hydrogen-bond acceptors (Lipinski definition) is 3. The Morgan fingerprint density at radius 1 is 1.17 bits per heavy atom. The lowest BCUT2D eigenvalue weighted by atomic mass is 10.1. The molecule has 0 aliphatic rings. The number of halogens is 1. The first-order chi connectivity index (χ1) is 8.75. The predicted molar refractivity (Wildman–Crippen MR) is 68.9 cm³/mol. The summed E-state index contributed by atoms with van der Waals surface area (Å²) in [5, 5.41) is 0. The largest absolute Gasteiger partial charge is 0.491 e. The van der Waals surface area contributed by atoms with E-state index in [9.17, 15) is 4.39 Å². The molecule has 1 aromatic heterocycles. The third-order valence-electron chi connectivity index (χ3n) is 2.57. The fourth-order valence-corrected chi connectivity index (χ4v) is 1.64. The smallest absolute Gasteiger partial charge is 0.167 e. The van der Waals surface area contributed by atoms with E-state index in [0.29, 0.717) is 12.3 Å². The number of rotatable bonds is 5. The molecule has 4 heteroatoms. The monoisotopic (exact) mass is 246 g/mol. The SMILES string of the molecule is Nc1ccc(OCCCc2ccncc2)c(F)c1. The van der Waals surface area contributed by atoms with Crippen LogP contribution in [0, 0.1) is 5.82 Å². The van der Waals surface area contributed by atoms with Crippen molar-refractivity contribution < 1.29 is 9.13 Å². The van der Waals surface area contributed by atoms with Gasteiger partial charge in [0.15, 0.2) is 11.6 Å². The molecule has 0 radical (unpaired) electrons. The number of hydrogen-bond donors (Lipinski definition) is 1. The molecule has 2 N–H and O–H groups in total. The summed E-state index contributed by atoms with van der Waals surface area (Å²) in [6.07, 6.45) is 5.23.